The van der Waals surface area contributed by atoms with Crippen LogP contribution in [0.25, 0.3) is 32.9 Å². The lowest BCUT2D eigenvalue weighted by Crippen LogP contribution is -2.07. The van der Waals surface area contributed by atoms with Gasteiger partial charge in [0.2, 0.25) is 0 Å². The first-order valence-corrected chi connectivity index (χ1v) is 10.1. The minimum atomic E-state index is 0.892. The number of fused-ring (bicyclic) bond motifs is 7. The molecule has 28 heavy (non-hydrogen) atoms. The number of hydrogen-bond donors (Lipinski definition) is 0. The summed E-state index contributed by atoms with van der Waals surface area (Å²) in [6.07, 6.45) is 2.25. The molecule has 4 aromatic carbocycles. The molecule has 1 aliphatic carbocycles. The Balaban J connectivity index is 1.74. The molecule has 0 aliphatic heterocycles. The van der Waals surface area contributed by atoms with Crippen LogP contribution in [0.1, 0.15) is 16.7 Å². The van der Waals surface area contributed by atoms with E-state index in [1.807, 2.05) is 0 Å². The summed E-state index contributed by atoms with van der Waals surface area (Å²) in [5.74, 6) is 0. The zero-order chi connectivity index (χ0) is 18.5. The number of aromatic nitrogens is 1. The van der Waals surface area contributed by atoms with Crippen molar-refractivity contribution < 1.29 is 0 Å². The van der Waals surface area contributed by atoms with E-state index in [9.17, 15) is 0 Å². The molecule has 5 aromatic rings. The van der Waals surface area contributed by atoms with Gasteiger partial charge in [0.1, 0.15) is 0 Å². The highest BCUT2D eigenvalue weighted by Crippen LogP contribution is 2.42. The summed E-state index contributed by atoms with van der Waals surface area (Å²) in [6.45, 7) is 0.892. The zero-order valence-electron chi connectivity index (χ0n) is 15.7. The second kappa shape index (κ2) is 6.10. The fourth-order valence-electron chi connectivity index (χ4n) is 4.88. The lowest BCUT2D eigenvalue weighted by atomic mass is 9.84. The Morgan fingerprint density at radius 3 is 2.29 bits per heavy atom. The van der Waals surface area contributed by atoms with E-state index >= 15 is 0 Å². The van der Waals surface area contributed by atoms with Crippen molar-refractivity contribution >= 4 is 21.8 Å². The maximum Gasteiger partial charge on any atom is 0.0577 e. The molecular weight excluding hydrogens is 338 g/mol. The van der Waals surface area contributed by atoms with Gasteiger partial charge in [-0.05, 0) is 41.2 Å². The van der Waals surface area contributed by atoms with Gasteiger partial charge >= 0.3 is 0 Å². The molecule has 1 aromatic heterocycles. The second-order valence-corrected chi connectivity index (χ2v) is 7.74. The van der Waals surface area contributed by atoms with Crippen LogP contribution in [0.15, 0.2) is 91.0 Å². The van der Waals surface area contributed by atoms with Crippen LogP contribution in [-0.2, 0) is 19.4 Å². The van der Waals surface area contributed by atoms with Crippen molar-refractivity contribution in [1.29, 1.82) is 0 Å². The predicted molar refractivity (Wildman–Crippen MR) is 118 cm³/mol. The first-order valence-electron chi connectivity index (χ1n) is 10.1. The quantitative estimate of drug-likeness (QED) is 0.334. The number of hydrogen-bond acceptors (Lipinski definition) is 0. The van der Waals surface area contributed by atoms with Gasteiger partial charge in [-0.15, -0.1) is 0 Å². The topological polar surface area (TPSA) is 4.93 Å². The van der Waals surface area contributed by atoms with Gasteiger partial charge in [0.25, 0.3) is 0 Å². The molecule has 0 unspecified atom stereocenters. The smallest absolute Gasteiger partial charge is 0.0577 e. The molecule has 0 saturated heterocycles. The summed E-state index contributed by atoms with van der Waals surface area (Å²) in [4.78, 5) is 0. The average Bonchev–Trinajstić information content (AvgIpc) is 3.08. The Morgan fingerprint density at radius 2 is 1.36 bits per heavy atom. The number of aryl methyl sites for hydroxylation is 2. The van der Waals surface area contributed by atoms with Crippen molar-refractivity contribution in [3.05, 3.63) is 108 Å². The summed E-state index contributed by atoms with van der Waals surface area (Å²) in [5.41, 5.74) is 9.83. The van der Waals surface area contributed by atoms with Gasteiger partial charge in [-0.25, -0.2) is 0 Å². The van der Waals surface area contributed by atoms with Crippen LogP contribution in [0.2, 0.25) is 0 Å². The fourth-order valence-corrected chi connectivity index (χ4v) is 4.88. The Labute approximate surface area is 164 Å². The minimum absolute atomic E-state index is 0.892. The first-order chi connectivity index (χ1) is 13.9. The molecule has 1 aliphatic rings. The number of para-hydroxylation sites is 1. The summed E-state index contributed by atoms with van der Waals surface area (Å²) in [5, 5.41) is 2.71. The van der Waals surface area contributed by atoms with Crippen LogP contribution in [0, 0.1) is 0 Å². The van der Waals surface area contributed by atoms with Crippen molar-refractivity contribution in [2.24, 2.45) is 0 Å². The third-order valence-electron chi connectivity index (χ3n) is 6.15. The van der Waals surface area contributed by atoms with Crippen LogP contribution < -0.4 is 0 Å². The molecule has 0 N–H and O–H groups in total. The lowest BCUT2D eigenvalue weighted by Gasteiger charge is -2.22. The van der Waals surface area contributed by atoms with E-state index in [0.717, 1.165) is 19.4 Å². The van der Waals surface area contributed by atoms with E-state index in [2.05, 4.69) is 95.6 Å². The van der Waals surface area contributed by atoms with Crippen molar-refractivity contribution in [2.45, 2.75) is 19.4 Å². The number of rotatable bonds is 2. The molecule has 6 rings (SSSR count). The normalized spacial score (nSPS) is 12.9. The van der Waals surface area contributed by atoms with Gasteiger partial charge in [0, 0.05) is 28.4 Å². The van der Waals surface area contributed by atoms with E-state index in [0.29, 0.717) is 0 Å². The maximum absolute atomic E-state index is 2.53. The maximum atomic E-state index is 2.53. The third kappa shape index (κ3) is 2.26. The SMILES string of the molecule is c1ccc(Cn2c3ccccc3c3ccc4c(c32)-c2ccccc2CC4)cc1. The van der Waals surface area contributed by atoms with Crippen LogP contribution in [0.5, 0.6) is 0 Å². The molecule has 0 fully saturated rings. The van der Waals surface area contributed by atoms with Crippen LogP contribution in [0.3, 0.4) is 0 Å². The van der Waals surface area contributed by atoms with Crippen molar-refractivity contribution in [2.75, 3.05) is 0 Å². The van der Waals surface area contributed by atoms with Crippen molar-refractivity contribution in [3.8, 4) is 11.1 Å². The summed E-state index contributed by atoms with van der Waals surface area (Å²) in [6, 6.07) is 33.3. The van der Waals surface area contributed by atoms with Gasteiger partial charge in [0.15, 0.2) is 0 Å². The molecular formula is C27H21N. The minimum Gasteiger partial charge on any atom is -0.335 e. The standard InChI is InChI=1S/C27H21N/c1-2-8-19(9-3-1)18-28-25-13-7-6-12-23(25)24-17-16-21-15-14-20-10-4-5-11-22(20)26(21)27(24)28/h1-13,16-17H,14-15,18H2. The summed E-state index contributed by atoms with van der Waals surface area (Å²) < 4.78 is 2.53. The second-order valence-electron chi connectivity index (χ2n) is 7.74. The number of nitrogens with zero attached hydrogens (tertiary/aromatic N) is 1. The molecule has 0 amide bonds. The summed E-state index contributed by atoms with van der Waals surface area (Å²) >= 11 is 0. The highest BCUT2D eigenvalue weighted by Gasteiger charge is 2.22. The number of benzene rings is 4. The monoisotopic (exact) mass is 359 g/mol. The van der Waals surface area contributed by atoms with Gasteiger partial charge < -0.3 is 4.57 Å². The van der Waals surface area contributed by atoms with Crippen LogP contribution in [-0.4, -0.2) is 4.57 Å². The molecule has 1 nitrogen and oxygen atoms in total. The molecule has 1 heteroatoms. The van der Waals surface area contributed by atoms with Crippen LogP contribution >= 0.6 is 0 Å². The molecule has 134 valence electrons. The van der Waals surface area contributed by atoms with Gasteiger partial charge in [-0.2, -0.15) is 0 Å². The van der Waals surface area contributed by atoms with Crippen molar-refractivity contribution in [1.82, 2.24) is 4.57 Å². The Hall–Kier alpha value is -3.32. The predicted octanol–water partition coefficient (Wildman–Crippen LogP) is 6.61. The Morgan fingerprint density at radius 1 is 0.607 bits per heavy atom. The summed E-state index contributed by atoms with van der Waals surface area (Å²) in [7, 11) is 0. The zero-order valence-corrected chi connectivity index (χ0v) is 15.7. The van der Waals surface area contributed by atoms with Gasteiger partial charge in [0.05, 0.1) is 5.52 Å². The highest BCUT2D eigenvalue weighted by atomic mass is 15.0. The highest BCUT2D eigenvalue weighted by molar-refractivity contribution is 6.13. The van der Waals surface area contributed by atoms with E-state index < -0.39 is 0 Å². The molecule has 0 radical (unpaired) electrons. The molecule has 0 spiro atoms. The Kier molecular flexibility index (Phi) is 3.42. The average molecular weight is 359 g/mol. The molecule has 0 bridgehead atoms. The molecule has 0 atom stereocenters. The van der Waals surface area contributed by atoms with E-state index in [-0.39, 0.29) is 0 Å². The first kappa shape index (κ1) is 15.7. The largest absolute Gasteiger partial charge is 0.335 e. The van der Waals surface area contributed by atoms with Crippen LogP contribution in [0.4, 0.5) is 0 Å². The lowest BCUT2D eigenvalue weighted by molar-refractivity contribution is 0.865. The molecule has 1 heterocycles. The third-order valence-corrected chi connectivity index (χ3v) is 6.15. The fraction of sp³-hybridized carbons (Fsp3) is 0.111. The van der Waals surface area contributed by atoms with E-state index in [1.54, 1.807) is 0 Å². The molecule has 0 saturated carbocycles. The Bertz CT molecular complexity index is 1330. The van der Waals surface area contributed by atoms with Crippen molar-refractivity contribution in [3.63, 3.8) is 0 Å². The van der Waals surface area contributed by atoms with Gasteiger partial charge in [-0.3, -0.25) is 0 Å². The van der Waals surface area contributed by atoms with Gasteiger partial charge in [-0.1, -0.05) is 84.9 Å². The van der Waals surface area contributed by atoms with E-state index in [1.165, 1.54) is 49.6 Å². The van der Waals surface area contributed by atoms with E-state index in [4.69, 9.17) is 0 Å².